The molecule has 4 heteroatoms. The average Bonchev–Trinajstić information content (AvgIpc) is 3.36. The quantitative estimate of drug-likeness (QED) is 0.946. The Morgan fingerprint density at radius 3 is 2.59 bits per heavy atom. The Morgan fingerprint density at radius 1 is 1.00 bits per heavy atom. The van der Waals surface area contributed by atoms with Crippen molar-refractivity contribution in [3.63, 3.8) is 0 Å². The number of fused-ring (bicyclic) bond motifs is 1. The molecule has 4 rings (SSSR count). The van der Waals surface area contributed by atoms with E-state index in [0.717, 1.165) is 17.9 Å². The lowest BCUT2D eigenvalue weighted by Crippen LogP contribution is -2.17. The highest BCUT2D eigenvalue weighted by Crippen LogP contribution is 2.48. The second-order valence-electron chi connectivity index (χ2n) is 5.71. The van der Waals surface area contributed by atoms with E-state index >= 15 is 0 Å². The van der Waals surface area contributed by atoms with Crippen molar-refractivity contribution in [1.82, 2.24) is 0 Å². The maximum Gasteiger partial charge on any atom is 0.228 e. The smallest absolute Gasteiger partial charge is 0.228 e. The molecular weight excluding hydrogens is 278 g/mol. The zero-order valence-electron chi connectivity index (χ0n) is 12.1. The molecule has 0 saturated heterocycles. The molecule has 1 aliphatic carbocycles. The van der Waals surface area contributed by atoms with E-state index in [9.17, 15) is 4.79 Å². The molecule has 1 heterocycles. The second kappa shape index (κ2) is 5.37. The fraction of sp³-hybridized carbons (Fsp3) is 0.278. The summed E-state index contributed by atoms with van der Waals surface area (Å²) in [7, 11) is 0. The number of nitrogens with one attached hydrogen (secondary N) is 1. The van der Waals surface area contributed by atoms with Crippen molar-refractivity contribution in [1.29, 1.82) is 0 Å². The molecule has 1 aliphatic heterocycles. The van der Waals surface area contributed by atoms with Crippen LogP contribution < -0.4 is 14.8 Å². The van der Waals surface area contributed by atoms with Gasteiger partial charge in [0.1, 0.15) is 13.2 Å². The number of carbonyl (C=O) groups is 1. The van der Waals surface area contributed by atoms with E-state index in [4.69, 9.17) is 9.47 Å². The van der Waals surface area contributed by atoms with Crippen LogP contribution >= 0.6 is 0 Å². The lowest BCUT2D eigenvalue weighted by atomic mass is 10.1. The van der Waals surface area contributed by atoms with Crippen LogP contribution in [0, 0.1) is 5.92 Å². The molecule has 22 heavy (non-hydrogen) atoms. The third-order valence-electron chi connectivity index (χ3n) is 4.16. The number of carbonyl (C=O) groups excluding carboxylic acids is 1. The van der Waals surface area contributed by atoms with E-state index in [1.54, 1.807) is 0 Å². The Hall–Kier alpha value is -2.49. The van der Waals surface area contributed by atoms with Gasteiger partial charge in [-0.3, -0.25) is 4.79 Å². The molecule has 0 unspecified atom stereocenters. The molecular formula is C18H17NO3. The lowest BCUT2D eigenvalue weighted by molar-refractivity contribution is -0.117. The van der Waals surface area contributed by atoms with Gasteiger partial charge in [0.15, 0.2) is 11.5 Å². The highest BCUT2D eigenvalue weighted by atomic mass is 16.6. The first-order chi connectivity index (χ1) is 10.8. The van der Waals surface area contributed by atoms with E-state index in [1.165, 1.54) is 5.56 Å². The second-order valence-corrected chi connectivity index (χ2v) is 5.71. The summed E-state index contributed by atoms with van der Waals surface area (Å²) < 4.78 is 11.0. The number of hydrogen-bond donors (Lipinski definition) is 1. The van der Waals surface area contributed by atoms with E-state index in [-0.39, 0.29) is 11.8 Å². The fourth-order valence-corrected chi connectivity index (χ4v) is 2.91. The van der Waals surface area contributed by atoms with Gasteiger partial charge in [0.2, 0.25) is 5.91 Å². The molecule has 1 fully saturated rings. The SMILES string of the molecule is O=C(Nc1ccc2c(c1)OCCO2)[C@H]1C[C@H]1c1ccccc1. The van der Waals surface area contributed by atoms with E-state index in [2.05, 4.69) is 17.4 Å². The molecule has 0 bridgehead atoms. The van der Waals surface area contributed by atoms with Gasteiger partial charge in [-0.15, -0.1) is 0 Å². The van der Waals surface area contributed by atoms with Crippen LogP contribution in [-0.4, -0.2) is 19.1 Å². The van der Waals surface area contributed by atoms with Crippen molar-refractivity contribution in [2.45, 2.75) is 12.3 Å². The van der Waals surface area contributed by atoms with Crippen molar-refractivity contribution in [2.75, 3.05) is 18.5 Å². The monoisotopic (exact) mass is 295 g/mol. The first kappa shape index (κ1) is 13.2. The van der Waals surface area contributed by atoms with Gasteiger partial charge < -0.3 is 14.8 Å². The summed E-state index contributed by atoms with van der Waals surface area (Å²) in [6, 6.07) is 15.7. The summed E-state index contributed by atoms with van der Waals surface area (Å²) in [5, 5.41) is 2.98. The largest absolute Gasteiger partial charge is 0.486 e. The molecule has 1 amide bonds. The number of ether oxygens (including phenoxy) is 2. The third-order valence-corrected chi connectivity index (χ3v) is 4.16. The maximum atomic E-state index is 12.3. The summed E-state index contributed by atoms with van der Waals surface area (Å²) in [6.45, 7) is 1.11. The minimum atomic E-state index is 0.0654. The van der Waals surface area contributed by atoms with E-state index in [1.807, 2.05) is 36.4 Å². The summed E-state index contributed by atoms with van der Waals surface area (Å²) in [5.41, 5.74) is 2.00. The average molecular weight is 295 g/mol. The van der Waals surface area contributed by atoms with Gasteiger partial charge >= 0.3 is 0 Å². The molecule has 2 atom stereocenters. The number of amides is 1. The van der Waals surface area contributed by atoms with Crippen LogP contribution in [0.15, 0.2) is 48.5 Å². The zero-order valence-corrected chi connectivity index (χ0v) is 12.1. The van der Waals surface area contributed by atoms with Crippen molar-refractivity contribution in [3.8, 4) is 11.5 Å². The maximum absolute atomic E-state index is 12.3. The third kappa shape index (κ3) is 2.52. The van der Waals surface area contributed by atoms with Gasteiger partial charge in [0.25, 0.3) is 0 Å². The number of anilines is 1. The normalized spacial score (nSPS) is 22.0. The molecule has 112 valence electrons. The summed E-state index contributed by atoms with van der Waals surface area (Å²) in [5.74, 6) is 1.91. The fourth-order valence-electron chi connectivity index (χ4n) is 2.91. The molecule has 1 saturated carbocycles. The number of benzene rings is 2. The van der Waals surface area contributed by atoms with Crippen LogP contribution in [0.3, 0.4) is 0 Å². The predicted molar refractivity (Wildman–Crippen MR) is 83.4 cm³/mol. The molecule has 2 aliphatic rings. The first-order valence-corrected chi connectivity index (χ1v) is 7.57. The van der Waals surface area contributed by atoms with Crippen LogP contribution in [0.25, 0.3) is 0 Å². The number of hydrogen-bond acceptors (Lipinski definition) is 3. The van der Waals surface area contributed by atoms with Crippen molar-refractivity contribution >= 4 is 11.6 Å². The van der Waals surface area contributed by atoms with Gasteiger partial charge in [0, 0.05) is 17.7 Å². The lowest BCUT2D eigenvalue weighted by Gasteiger charge is -2.19. The van der Waals surface area contributed by atoms with Gasteiger partial charge in [-0.05, 0) is 30.0 Å². The molecule has 0 radical (unpaired) electrons. The zero-order chi connectivity index (χ0) is 14.9. The van der Waals surface area contributed by atoms with Gasteiger partial charge in [-0.25, -0.2) is 0 Å². The van der Waals surface area contributed by atoms with Crippen LogP contribution in [0.5, 0.6) is 11.5 Å². The standard InChI is InChI=1S/C18H17NO3/c20-18(15-11-14(15)12-4-2-1-3-5-12)19-13-6-7-16-17(10-13)22-9-8-21-16/h1-7,10,14-15H,8-9,11H2,(H,19,20)/t14-,15-/m0/s1. The Morgan fingerprint density at radius 2 is 1.77 bits per heavy atom. The molecule has 2 aromatic rings. The Balaban J connectivity index is 1.43. The Bertz CT molecular complexity index is 699. The predicted octanol–water partition coefficient (Wildman–Crippen LogP) is 3.20. The van der Waals surface area contributed by atoms with Gasteiger partial charge in [-0.2, -0.15) is 0 Å². The summed E-state index contributed by atoms with van der Waals surface area (Å²) in [6.07, 6.45) is 0.917. The van der Waals surface area contributed by atoms with Crippen molar-refractivity contribution in [2.24, 2.45) is 5.92 Å². The molecule has 1 N–H and O–H groups in total. The van der Waals surface area contributed by atoms with Crippen LogP contribution in [-0.2, 0) is 4.79 Å². The molecule has 2 aromatic carbocycles. The van der Waals surface area contributed by atoms with Crippen molar-refractivity contribution < 1.29 is 14.3 Å². The molecule has 4 nitrogen and oxygen atoms in total. The summed E-state index contributed by atoms with van der Waals surface area (Å²) in [4.78, 5) is 12.3. The van der Waals surface area contributed by atoms with E-state index in [0.29, 0.717) is 24.9 Å². The van der Waals surface area contributed by atoms with Gasteiger partial charge in [-0.1, -0.05) is 30.3 Å². The van der Waals surface area contributed by atoms with Crippen LogP contribution in [0.4, 0.5) is 5.69 Å². The highest BCUT2D eigenvalue weighted by molar-refractivity contribution is 5.95. The minimum Gasteiger partial charge on any atom is -0.486 e. The van der Waals surface area contributed by atoms with E-state index < -0.39 is 0 Å². The Kier molecular flexibility index (Phi) is 3.22. The number of rotatable bonds is 3. The summed E-state index contributed by atoms with van der Waals surface area (Å²) >= 11 is 0. The Labute approximate surface area is 129 Å². The van der Waals surface area contributed by atoms with Crippen LogP contribution in [0.2, 0.25) is 0 Å². The molecule has 0 aromatic heterocycles. The van der Waals surface area contributed by atoms with Crippen LogP contribution in [0.1, 0.15) is 17.9 Å². The topological polar surface area (TPSA) is 47.6 Å². The van der Waals surface area contributed by atoms with Gasteiger partial charge in [0.05, 0.1) is 0 Å². The van der Waals surface area contributed by atoms with Crippen molar-refractivity contribution in [3.05, 3.63) is 54.1 Å². The highest BCUT2D eigenvalue weighted by Gasteiger charge is 2.43. The minimum absolute atomic E-state index is 0.0654. The molecule has 0 spiro atoms. The first-order valence-electron chi connectivity index (χ1n) is 7.57.